The first-order valence-electron chi connectivity index (χ1n) is 10.2. The van der Waals surface area contributed by atoms with Gasteiger partial charge in [-0.1, -0.05) is 18.2 Å². The van der Waals surface area contributed by atoms with Crippen molar-refractivity contribution in [3.8, 4) is 23.0 Å². The summed E-state index contributed by atoms with van der Waals surface area (Å²) in [6, 6.07) is 17.4. The lowest BCUT2D eigenvalue weighted by Crippen LogP contribution is -2.19. The predicted octanol–water partition coefficient (Wildman–Crippen LogP) is 4.14. The molecule has 0 amide bonds. The topological polar surface area (TPSA) is 93.1 Å². The van der Waals surface area contributed by atoms with Crippen molar-refractivity contribution in [3.05, 3.63) is 78.0 Å². The van der Waals surface area contributed by atoms with Crippen molar-refractivity contribution < 1.29 is 32.2 Å². The Morgan fingerprint density at radius 2 is 1.47 bits per heavy atom. The molecule has 0 N–H and O–H groups in total. The van der Waals surface area contributed by atoms with E-state index in [1.165, 1.54) is 52.7 Å². The lowest BCUT2D eigenvalue weighted by Gasteiger charge is -2.15. The van der Waals surface area contributed by atoms with E-state index >= 15 is 0 Å². The molecule has 0 aliphatic rings. The summed E-state index contributed by atoms with van der Waals surface area (Å²) in [4.78, 5) is 13.9. The highest BCUT2D eigenvalue weighted by Crippen LogP contribution is 2.38. The van der Waals surface area contributed by atoms with Crippen LogP contribution in [0.2, 0.25) is 0 Å². The molecule has 0 saturated heterocycles. The van der Waals surface area contributed by atoms with E-state index in [0.29, 0.717) is 22.4 Å². The Labute approximate surface area is 197 Å². The number of ketones is 1. The fourth-order valence-electron chi connectivity index (χ4n) is 3.77. The third-order valence-electron chi connectivity index (χ3n) is 5.41. The highest BCUT2D eigenvalue weighted by atomic mass is 32.2. The molecule has 0 saturated carbocycles. The SMILES string of the molecule is COc1cc(OC)c(OC)c(C(=O)c2cc3cc(OC)ccc3n2S(=O)(=O)c2ccccc2)c1. The van der Waals surface area contributed by atoms with Gasteiger partial charge < -0.3 is 18.9 Å². The van der Waals surface area contributed by atoms with Gasteiger partial charge >= 0.3 is 0 Å². The lowest BCUT2D eigenvalue weighted by atomic mass is 10.1. The first-order valence-corrected chi connectivity index (χ1v) is 11.6. The number of carbonyl (C=O) groups excluding carboxylic acids is 1. The summed E-state index contributed by atoms with van der Waals surface area (Å²) in [5.41, 5.74) is 0.362. The second-order valence-corrected chi connectivity index (χ2v) is 9.06. The monoisotopic (exact) mass is 481 g/mol. The van der Waals surface area contributed by atoms with E-state index in [1.54, 1.807) is 42.5 Å². The molecule has 0 fully saturated rings. The molecule has 0 unspecified atom stereocenters. The fourth-order valence-corrected chi connectivity index (χ4v) is 5.31. The zero-order valence-corrected chi connectivity index (χ0v) is 19.9. The maximum atomic E-state index is 13.9. The highest BCUT2D eigenvalue weighted by molar-refractivity contribution is 7.90. The molecule has 176 valence electrons. The number of ether oxygens (including phenoxy) is 4. The van der Waals surface area contributed by atoms with Gasteiger partial charge in [0.1, 0.15) is 17.2 Å². The average Bonchev–Trinajstić information content (AvgIpc) is 3.27. The fraction of sp³-hybridized carbons (Fsp3) is 0.160. The Kier molecular flexibility index (Phi) is 6.21. The van der Waals surface area contributed by atoms with Gasteiger partial charge in [-0.25, -0.2) is 12.4 Å². The quantitative estimate of drug-likeness (QED) is 0.349. The molecule has 1 heterocycles. The van der Waals surface area contributed by atoms with E-state index in [0.717, 1.165) is 3.97 Å². The van der Waals surface area contributed by atoms with Gasteiger partial charge in [0, 0.05) is 11.5 Å². The minimum atomic E-state index is -4.12. The van der Waals surface area contributed by atoms with Crippen molar-refractivity contribution in [1.82, 2.24) is 3.97 Å². The van der Waals surface area contributed by atoms with Gasteiger partial charge in [0.05, 0.1) is 44.4 Å². The standard InChI is InChI=1S/C25H23NO7S/c1-30-17-10-11-21-16(12-17)13-22(26(21)34(28,29)19-8-6-5-7-9-19)24(27)20-14-18(31-2)15-23(32-3)25(20)33-4/h5-15H,1-4H3. The Morgan fingerprint density at radius 3 is 2.09 bits per heavy atom. The summed E-state index contributed by atoms with van der Waals surface area (Å²) in [6.45, 7) is 0. The largest absolute Gasteiger partial charge is 0.497 e. The normalized spacial score (nSPS) is 11.3. The predicted molar refractivity (Wildman–Crippen MR) is 127 cm³/mol. The third kappa shape index (κ3) is 3.84. The van der Waals surface area contributed by atoms with Crippen LogP contribution < -0.4 is 18.9 Å². The first-order chi connectivity index (χ1) is 16.3. The number of hydrogen-bond acceptors (Lipinski definition) is 7. The number of fused-ring (bicyclic) bond motifs is 1. The van der Waals surface area contributed by atoms with Crippen LogP contribution in [0.5, 0.6) is 23.0 Å². The molecule has 0 bridgehead atoms. The number of methoxy groups -OCH3 is 4. The van der Waals surface area contributed by atoms with Gasteiger partial charge in [-0.2, -0.15) is 0 Å². The number of nitrogens with zero attached hydrogens (tertiary/aromatic N) is 1. The molecule has 8 nitrogen and oxygen atoms in total. The molecular weight excluding hydrogens is 458 g/mol. The van der Waals surface area contributed by atoms with Crippen LogP contribution in [0.3, 0.4) is 0 Å². The Hall–Kier alpha value is -3.98. The molecular formula is C25H23NO7S. The van der Waals surface area contributed by atoms with Crippen LogP contribution in [0.15, 0.2) is 71.6 Å². The molecule has 4 aromatic rings. The Morgan fingerprint density at radius 1 is 0.765 bits per heavy atom. The first kappa shape index (κ1) is 23.2. The summed E-state index contributed by atoms with van der Waals surface area (Å²) in [7, 11) is 1.69. The maximum absolute atomic E-state index is 13.9. The van der Waals surface area contributed by atoms with Crippen molar-refractivity contribution in [1.29, 1.82) is 0 Å². The molecule has 3 aromatic carbocycles. The highest BCUT2D eigenvalue weighted by Gasteiger charge is 2.30. The van der Waals surface area contributed by atoms with Crippen molar-refractivity contribution in [2.45, 2.75) is 4.90 Å². The minimum absolute atomic E-state index is 0.0487. The van der Waals surface area contributed by atoms with E-state index in [-0.39, 0.29) is 27.7 Å². The molecule has 0 atom stereocenters. The van der Waals surface area contributed by atoms with Gasteiger partial charge in [-0.3, -0.25) is 4.79 Å². The summed E-state index contributed by atoms with van der Waals surface area (Å²) in [5, 5.41) is 0.524. The van der Waals surface area contributed by atoms with E-state index in [9.17, 15) is 13.2 Å². The molecule has 34 heavy (non-hydrogen) atoms. The molecule has 0 aliphatic heterocycles. The molecule has 0 radical (unpaired) electrons. The molecule has 0 spiro atoms. The van der Waals surface area contributed by atoms with Crippen LogP contribution >= 0.6 is 0 Å². The van der Waals surface area contributed by atoms with Crippen molar-refractivity contribution in [2.24, 2.45) is 0 Å². The second-order valence-electron chi connectivity index (χ2n) is 7.28. The second kappa shape index (κ2) is 9.11. The number of benzene rings is 3. The number of aromatic nitrogens is 1. The average molecular weight is 482 g/mol. The Balaban J connectivity index is 2.04. The van der Waals surface area contributed by atoms with Crippen LogP contribution in [0.1, 0.15) is 16.1 Å². The Bertz CT molecular complexity index is 1470. The maximum Gasteiger partial charge on any atom is 0.268 e. The zero-order valence-electron chi connectivity index (χ0n) is 19.1. The van der Waals surface area contributed by atoms with E-state index in [1.807, 2.05) is 0 Å². The number of carbonyl (C=O) groups is 1. The van der Waals surface area contributed by atoms with Gasteiger partial charge in [-0.05, 0) is 42.5 Å². The van der Waals surface area contributed by atoms with E-state index < -0.39 is 15.8 Å². The van der Waals surface area contributed by atoms with Crippen LogP contribution in [0.25, 0.3) is 10.9 Å². The minimum Gasteiger partial charge on any atom is -0.497 e. The summed E-state index contributed by atoms with van der Waals surface area (Å²) < 4.78 is 49.9. The molecule has 0 aliphatic carbocycles. The summed E-state index contributed by atoms with van der Waals surface area (Å²) in [6.07, 6.45) is 0. The van der Waals surface area contributed by atoms with Gasteiger partial charge in [0.15, 0.2) is 11.5 Å². The van der Waals surface area contributed by atoms with Gasteiger partial charge in [0.2, 0.25) is 5.78 Å². The molecule has 1 aromatic heterocycles. The van der Waals surface area contributed by atoms with Crippen LogP contribution in [0, 0.1) is 0 Å². The van der Waals surface area contributed by atoms with E-state index in [4.69, 9.17) is 18.9 Å². The van der Waals surface area contributed by atoms with Gasteiger partial charge in [-0.15, -0.1) is 0 Å². The van der Waals surface area contributed by atoms with Gasteiger partial charge in [0.25, 0.3) is 10.0 Å². The number of rotatable bonds is 8. The summed E-state index contributed by atoms with van der Waals surface area (Å²) in [5.74, 6) is 0.751. The summed E-state index contributed by atoms with van der Waals surface area (Å²) >= 11 is 0. The van der Waals surface area contributed by atoms with Crippen molar-refractivity contribution >= 4 is 26.7 Å². The smallest absolute Gasteiger partial charge is 0.268 e. The van der Waals surface area contributed by atoms with Crippen LogP contribution in [-0.4, -0.2) is 46.6 Å². The van der Waals surface area contributed by atoms with Crippen LogP contribution in [0.4, 0.5) is 0 Å². The lowest BCUT2D eigenvalue weighted by molar-refractivity contribution is 0.102. The van der Waals surface area contributed by atoms with Crippen molar-refractivity contribution in [2.75, 3.05) is 28.4 Å². The zero-order chi connectivity index (χ0) is 24.5. The molecule has 4 rings (SSSR count). The van der Waals surface area contributed by atoms with Crippen molar-refractivity contribution in [3.63, 3.8) is 0 Å². The van der Waals surface area contributed by atoms with E-state index in [2.05, 4.69) is 0 Å². The molecule has 9 heteroatoms. The number of hydrogen-bond donors (Lipinski definition) is 0. The third-order valence-corrected chi connectivity index (χ3v) is 7.15. The van der Waals surface area contributed by atoms with Crippen LogP contribution in [-0.2, 0) is 10.0 Å².